The molecule has 6 N–H and O–H groups in total. The number of amides is 2. The third-order valence-electron chi connectivity index (χ3n) is 5.69. The van der Waals surface area contributed by atoms with Crippen molar-refractivity contribution in [3.63, 3.8) is 0 Å². The summed E-state index contributed by atoms with van der Waals surface area (Å²) in [5, 5.41) is 12.6. The first-order valence-corrected chi connectivity index (χ1v) is 11.2. The van der Waals surface area contributed by atoms with Crippen molar-refractivity contribution < 1.29 is 19.5 Å². The predicted octanol–water partition coefficient (Wildman–Crippen LogP) is 1.05. The van der Waals surface area contributed by atoms with Crippen molar-refractivity contribution in [1.29, 1.82) is 0 Å². The smallest absolute Gasteiger partial charge is 0.326 e. The Kier molecular flexibility index (Phi) is 10.1. The molecule has 1 aliphatic rings. The number of benzene rings is 1. The first-order valence-electron chi connectivity index (χ1n) is 11.2. The molecule has 1 aliphatic heterocycles. The van der Waals surface area contributed by atoms with E-state index in [-0.39, 0.29) is 5.91 Å². The maximum Gasteiger partial charge on any atom is 0.326 e. The molecule has 0 aliphatic carbocycles. The van der Waals surface area contributed by atoms with Gasteiger partial charge in [0.15, 0.2) is 0 Å². The van der Waals surface area contributed by atoms with E-state index in [1.807, 2.05) is 30.3 Å². The van der Waals surface area contributed by atoms with E-state index in [0.29, 0.717) is 57.5 Å². The van der Waals surface area contributed by atoms with E-state index >= 15 is 0 Å². The highest BCUT2D eigenvalue weighted by atomic mass is 16.4. The van der Waals surface area contributed by atoms with Gasteiger partial charge in [0.25, 0.3) is 0 Å². The number of aliphatic carboxylic acids is 1. The number of hydrogen-bond acceptors (Lipinski definition) is 5. The molecule has 32 heavy (non-hydrogen) atoms. The number of amidine groups is 1. The standard InChI is InChI=1S/C23H35N5O4/c1-16(24)26-14-6-5-10-19(22(30)28-15-7-11-20(28)23(31)32)27-18(21(25)29)13-12-17-8-3-2-4-9-17/h2-4,8-9,18-20,27H,5-7,10-15H2,1H3,(H2,24,26)(H2,25,29)(H,31,32). The van der Waals surface area contributed by atoms with Gasteiger partial charge in [0, 0.05) is 13.1 Å². The Balaban J connectivity index is 2.08. The van der Waals surface area contributed by atoms with E-state index in [2.05, 4.69) is 10.3 Å². The highest BCUT2D eigenvalue weighted by Gasteiger charge is 2.37. The van der Waals surface area contributed by atoms with E-state index in [1.54, 1.807) is 6.92 Å². The Labute approximate surface area is 189 Å². The lowest BCUT2D eigenvalue weighted by molar-refractivity contribution is -0.149. The molecule has 0 saturated carbocycles. The third kappa shape index (κ3) is 7.96. The number of aryl methyl sites for hydroxylation is 1. The van der Waals surface area contributed by atoms with Gasteiger partial charge in [-0.05, 0) is 57.4 Å². The van der Waals surface area contributed by atoms with Crippen molar-refractivity contribution in [1.82, 2.24) is 10.2 Å². The summed E-state index contributed by atoms with van der Waals surface area (Å²) in [6.07, 6.45) is 4.02. The summed E-state index contributed by atoms with van der Waals surface area (Å²) in [5.74, 6) is -1.32. The third-order valence-corrected chi connectivity index (χ3v) is 5.69. The molecule has 1 aromatic carbocycles. The number of unbranched alkanes of at least 4 members (excludes halogenated alkanes) is 1. The Morgan fingerprint density at radius 3 is 2.50 bits per heavy atom. The molecule has 3 atom stereocenters. The highest BCUT2D eigenvalue weighted by Crippen LogP contribution is 2.20. The second kappa shape index (κ2) is 12.8. The number of carbonyl (C=O) groups excluding carboxylic acids is 2. The van der Waals surface area contributed by atoms with Gasteiger partial charge in [-0.25, -0.2) is 4.79 Å². The molecule has 9 nitrogen and oxygen atoms in total. The molecule has 0 bridgehead atoms. The number of hydrogen-bond donors (Lipinski definition) is 4. The minimum atomic E-state index is -1.00. The van der Waals surface area contributed by atoms with Crippen molar-refractivity contribution in [3.05, 3.63) is 35.9 Å². The number of nitrogens with one attached hydrogen (secondary N) is 1. The van der Waals surface area contributed by atoms with Crippen molar-refractivity contribution in [2.75, 3.05) is 13.1 Å². The molecule has 1 heterocycles. The Morgan fingerprint density at radius 1 is 1.16 bits per heavy atom. The van der Waals surface area contributed by atoms with Gasteiger partial charge >= 0.3 is 5.97 Å². The van der Waals surface area contributed by atoms with E-state index in [0.717, 1.165) is 12.0 Å². The molecule has 0 spiro atoms. The minimum absolute atomic E-state index is 0.292. The quantitative estimate of drug-likeness (QED) is 0.202. The van der Waals surface area contributed by atoms with Crippen LogP contribution < -0.4 is 16.8 Å². The maximum absolute atomic E-state index is 13.3. The van der Waals surface area contributed by atoms with Crippen LogP contribution in [0.4, 0.5) is 0 Å². The molecular weight excluding hydrogens is 410 g/mol. The van der Waals surface area contributed by atoms with Gasteiger partial charge in [0.05, 0.1) is 17.9 Å². The van der Waals surface area contributed by atoms with Crippen LogP contribution >= 0.6 is 0 Å². The van der Waals surface area contributed by atoms with Gasteiger partial charge in [-0.2, -0.15) is 0 Å². The predicted molar refractivity (Wildman–Crippen MR) is 123 cm³/mol. The summed E-state index contributed by atoms with van der Waals surface area (Å²) >= 11 is 0. The number of nitrogens with zero attached hydrogens (tertiary/aromatic N) is 2. The van der Waals surface area contributed by atoms with Crippen LogP contribution in [0.1, 0.15) is 51.0 Å². The van der Waals surface area contributed by atoms with Gasteiger partial charge in [-0.15, -0.1) is 0 Å². The van der Waals surface area contributed by atoms with Crippen LogP contribution in [0.25, 0.3) is 0 Å². The SMILES string of the molecule is CC(N)=NCCCCC(NC(CCc1ccccc1)C(N)=O)C(=O)N1CCCC1C(=O)O. The number of aliphatic imine (C=N–C) groups is 1. The number of carboxylic acids is 1. The van der Waals surface area contributed by atoms with Crippen molar-refractivity contribution >= 4 is 23.6 Å². The van der Waals surface area contributed by atoms with Crippen molar-refractivity contribution in [2.45, 2.75) is 70.0 Å². The molecule has 0 aromatic heterocycles. The number of primary amides is 1. The highest BCUT2D eigenvalue weighted by molar-refractivity contribution is 5.88. The molecule has 2 rings (SSSR count). The number of likely N-dealkylation sites (tertiary alicyclic amines) is 1. The number of carboxylic acid groups (broad SMARTS) is 1. The zero-order chi connectivity index (χ0) is 23.5. The van der Waals surface area contributed by atoms with E-state index < -0.39 is 30.0 Å². The summed E-state index contributed by atoms with van der Waals surface area (Å²) in [6, 6.07) is 7.52. The van der Waals surface area contributed by atoms with Gasteiger partial charge in [-0.3, -0.25) is 19.9 Å². The normalized spacial score (nSPS) is 18.3. The van der Waals surface area contributed by atoms with Crippen LogP contribution in [0.5, 0.6) is 0 Å². The Morgan fingerprint density at radius 2 is 1.88 bits per heavy atom. The molecule has 1 saturated heterocycles. The number of nitrogens with two attached hydrogens (primary N) is 2. The van der Waals surface area contributed by atoms with Crippen molar-refractivity contribution in [3.8, 4) is 0 Å². The van der Waals surface area contributed by atoms with Crippen LogP contribution in [0, 0.1) is 0 Å². The van der Waals surface area contributed by atoms with E-state index in [4.69, 9.17) is 11.5 Å². The van der Waals surface area contributed by atoms with Crippen LogP contribution in [-0.2, 0) is 20.8 Å². The molecule has 9 heteroatoms. The number of carbonyl (C=O) groups is 3. The van der Waals surface area contributed by atoms with Crippen LogP contribution in [0.3, 0.4) is 0 Å². The Bertz CT molecular complexity index is 795. The summed E-state index contributed by atoms with van der Waals surface area (Å²) < 4.78 is 0. The van der Waals surface area contributed by atoms with Gasteiger partial charge in [0.2, 0.25) is 11.8 Å². The first kappa shape index (κ1) is 25.3. The van der Waals surface area contributed by atoms with Crippen molar-refractivity contribution in [2.24, 2.45) is 16.5 Å². The first-order chi connectivity index (χ1) is 15.3. The fourth-order valence-corrected chi connectivity index (χ4v) is 3.99. The summed E-state index contributed by atoms with van der Waals surface area (Å²) in [4.78, 5) is 42.5. The summed E-state index contributed by atoms with van der Waals surface area (Å²) in [6.45, 7) is 2.67. The minimum Gasteiger partial charge on any atom is -0.480 e. The summed E-state index contributed by atoms with van der Waals surface area (Å²) in [5.41, 5.74) is 12.3. The monoisotopic (exact) mass is 445 g/mol. The Hall–Kier alpha value is -2.94. The van der Waals surface area contributed by atoms with Crippen LogP contribution in [0.2, 0.25) is 0 Å². The van der Waals surface area contributed by atoms with E-state index in [9.17, 15) is 19.5 Å². The van der Waals surface area contributed by atoms with E-state index in [1.165, 1.54) is 4.90 Å². The largest absolute Gasteiger partial charge is 0.480 e. The molecule has 176 valence electrons. The average Bonchev–Trinajstić information content (AvgIpc) is 3.25. The number of rotatable bonds is 13. The second-order valence-electron chi connectivity index (χ2n) is 8.25. The lowest BCUT2D eigenvalue weighted by Gasteiger charge is -2.29. The molecule has 0 radical (unpaired) electrons. The molecule has 1 fully saturated rings. The zero-order valence-corrected chi connectivity index (χ0v) is 18.7. The molecule has 1 aromatic rings. The molecular formula is C23H35N5O4. The van der Waals surface area contributed by atoms with Crippen LogP contribution in [0.15, 0.2) is 35.3 Å². The van der Waals surface area contributed by atoms with Gasteiger partial charge < -0.3 is 21.5 Å². The zero-order valence-electron chi connectivity index (χ0n) is 18.7. The summed E-state index contributed by atoms with van der Waals surface area (Å²) in [7, 11) is 0. The van der Waals surface area contributed by atoms with Gasteiger partial charge in [0.1, 0.15) is 6.04 Å². The topological polar surface area (TPSA) is 151 Å². The lowest BCUT2D eigenvalue weighted by atomic mass is 10.0. The maximum atomic E-state index is 13.3. The molecule has 2 amide bonds. The molecule has 3 unspecified atom stereocenters. The fourth-order valence-electron chi connectivity index (χ4n) is 3.99. The average molecular weight is 446 g/mol. The second-order valence-corrected chi connectivity index (χ2v) is 8.25. The van der Waals surface area contributed by atoms with Gasteiger partial charge in [-0.1, -0.05) is 30.3 Å². The fraction of sp³-hybridized carbons (Fsp3) is 0.565. The van der Waals surface area contributed by atoms with Crippen LogP contribution in [-0.4, -0.2) is 64.8 Å². The lowest BCUT2D eigenvalue weighted by Crippen LogP contribution is -2.55.